The van der Waals surface area contributed by atoms with Gasteiger partial charge in [-0.15, -0.1) is 10.2 Å². The summed E-state index contributed by atoms with van der Waals surface area (Å²) in [6, 6.07) is 9.81. The zero-order valence-corrected chi connectivity index (χ0v) is 18.4. The second kappa shape index (κ2) is 10.5. The van der Waals surface area contributed by atoms with Crippen molar-refractivity contribution >= 4 is 45.3 Å². The summed E-state index contributed by atoms with van der Waals surface area (Å²) < 4.78 is 32.3. The van der Waals surface area contributed by atoms with E-state index in [4.69, 9.17) is 0 Å². The van der Waals surface area contributed by atoms with E-state index < -0.39 is 6.61 Å². The third-order valence-corrected chi connectivity index (χ3v) is 5.32. The molecule has 0 saturated carbocycles. The van der Waals surface area contributed by atoms with Gasteiger partial charge in [-0.1, -0.05) is 22.0 Å². The molecule has 30 heavy (non-hydrogen) atoms. The van der Waals surface area contributed by atoms with E-state index in [1.54, 1.807) is 23.9 Å². The second-order valence-corrected chi connectivity index (χ2v) is 8.12. The number of alkyl halides is 2. The first-order chi connectivity index (χ1) is 14.5. The van der Waals surface area contributed by atoms with Gasteiger partial charge in [-0.3, -0.25) is 9.20 Å². The van der Waals surface area contributed by atoms with Crippen LogP contribution in [0, 0.1) is 0 Å². The normalized spacial score (nSPS) is 12.6. The minimum Gasteiger partial charge on any atom is -0.434 e. The standard InChI is InChI=1S/C20H19BrF2N4O2S/c1-30-11-9-15(19-26-25-17-4-2-3-10-27(17)19)24-18(28)8-5-13-12-14(21)6-7-16(13)29-20(22)23/h2-8,10,12,15,20H,9,11H2,1H3,(H,24,28)/b8-5+. The molecule has 0 fully saturated rings. The summed E-state index contributed by atoms with van der Waals surface area (Å²) in [5.74, 6) is 1.05. The van der Waals surface area contributed by atoms with Crippen molar-refractivity contribution in [3.8, 4) is 5.75 Å². The minimum absolute atomic E-state index is 0.0142. The lowest BCUT2D eigenvalue weighted by molar-refractivity contribution is -0.117. The second-order valence-electron chi connectivity index (χ2n) is 6.22. The average Bonchev–Trinajstić information content (AvgIpc) is 3.15. The Morgan fingerprint density at radius 1 is 1.33 bits per heavy atom. The van der Waals surface area contributed by atoms with Gasteiger partial charge in [-0.05, 0) is 54.8 Å². The van der Waals surface area contributed by atoms with Crippen LogP contribution >= 0.6 is 27.7 Å². The molecule has 1 N–H and O–H groups in total. The number of aromatic nitrogens is 3. The summed E-state index contributed by atoms with van der Waals surface area (Å²) in [4.78, 5) is 12.6. The maximum atomic E-state index is 12.6. The molecule has 0 spiro atoms. The number of pyridine rings is 1. The largest absolute Gasteiger partial charge is 0.434 e. The average molecular weight is 497 g/mol. The van der Waals surface area contributed by atoms with Gasteiger partial charge in [-0.25, -0.2) is 0 Å². The highest BCUT2D eigenvalue weighted by Crippen LogP contribution is 2.26. The molecule has 1 unspecified atom stereocenters. The number of ether oxygens (including phenoxy) is 1. The fourth-order valence-corrected chi connectivity index (χ4v) is 3.69. The Morgan fingerprint density at radius 2 is 2.17 bits per heavy atom. The van der Waals surface area contributed by atoms with Crippen molar-refractivity contribution in [3.05, 3.63) is 64.5 Å². The number of hydrogen-bond acceptors (Lipinski definition) is 5. The van der Waals surface area contributed by atoms with E-state index in [9.17, 15) is 13.6 Å². The van der Waals surface area contributed by atoms with E-state index >= 15 is 0 Å². The number of nitrogens with zero attached hydrogens (tertiary/aromatic N) is 3. The van der Waals surface area contributed by atoms with Crippen LogP contribution in [0.3, 0.4) is 0 Å². The van der Waals surface area contributed by atoms with Gasteiger partial charge in [0.2, 0.25) is 5.91 Å². The quantitative estimate of drug-likeness (QED) is 0.434. The lowest BCUT2D eigenvalue weighted by Crippen LogP contribution is -2.29. The van der Waals surface area contributed by atoms with Gasteiger partial charge in [-0.2, -0.15) is 20.5 Å². The fourth-order valence-electron chi connectivity index (χ4n) is 2.84. The van der Waals surface area contributed by atoms with Crippen molar-refractivity contribution in [1.82, 2.24) is 19.9 Å². The number of carbonyl (C=O) groups excluding carboxylic acids is 1. The molecule has 0 bridgehead atoms. The molecule has 0 aliphatic heterocycles. The Hall–Kier alpha value is -2.46. The number of amides is 1. The van der Waals surface area contributed by atoms with E-state index in [2.05, 4.69) is 36.2 Å². The molecular weight excluding hydrogens is 478 g/mol. The minimum atomic E-state index is -2.95. The number of benzene rings is 1. The molecular formula is C20H19BrF2N4O2S. The van der Waals surface area contributed by atoms with Gasteiger partial charge in [0.05, 0.1) is 6.04 Å². The van der Waals surface area contributed by atoms with Crippen molar-refractivity contribution in [3.63, 3.8) is 0 Å². The molecule has 2 aromatic heterocycles. The number of carbonyl (C=O) groups is 1. The first kappa shape index (κ1) is 22.2. The zero-order chi connectivity index (χ0) is 21.5. The van der Waals surface area contributed by atoms with Crippen LogP contribution in [0.25, 0.3) is 11.7 Å². The van der Waals surface area contributed by atoms with Gasteiger partial charge in [0.15, 0.2) is 11.5 Å². The molecule has 2 heterocycles. The highest BCUT2D eigenvalue weighted by Gasteiger charge is 2.19. The predicted octanol–water partition coefficient (Wildman–Crippen LogP) is 4.72. The molecule has 10 heteroatoms. The molecule has 3 aromatic rings. The molecule has 0 aliphatic rings. The van der Waals surface area contributed by atoms with Crippen LogP contribution in [-0.2, 0) is 4.79 Å². The molecule has 1 aromatic carbocycles. The number of rotatable bonds is 9. The Kier molecular flexibility index (Phi) is 7.81. The summed E-state index contributed by atoms with van der Waals surface area (Å²) in [6.45, 7) is -2.95. The summed E-state index contributed by atoms with van der Waals surface area (Å²) in [7, 11) is 0. The van der Waals surface area contributed by atoms with E-state index in [0.29, 0.717) is 27.9 Å². The predicted molar refractivity (Wildman–Crippen MR) is 117 cm³/mol. The molecule has 0 aliphatic carbocycles. The third-order valence-electron chi connectivity index (χ3n) is 4.18. The molecule has 158 valence electrons. The first-order valence-corrected chi connectivity index (χ1v) is 11.2. The first-order valence-electron chi connectivity index (χ1n) is 8.99. The number of nitrogens with one attached hydrogen (secondary N) is 1. The highest BCUT2D eigenvalue weighted by atomic mass is 79.9. The Bertz CT molecular complexity index is 1040. The van der Waals surface area contributed by atoms with Crippen LogP contribution in [0.2, 0.25) is 0 Å². The molecule has 0 saturated heterocycles. The van der Waals surface area contributed by atoms with E-state index in [1.165, 1.54) is 18.2 Å². The van der Waals surface area contributed by atoms with Gasteiger partial charge >= 0.3 is 6.61 Å². The van der Waals surface area contributed by atoms with Crippen LogP contribution < -0.4 is 10.1 Å². The SMILES string of the molecule is CSCCC(NC(=O)/C=C/c1cc(Br)ccc1OC(F)F)c1nnc2ccccn12. The van der Waals surface area contributed by atoms with Gasteiger partial charge in [0.25, 0.3) is 0 Å². The Balaban J connectivity index is 1.79. The van der Waals surface area contributed by atoms with E-state index in [-0.39, 0.29) is 17.7 Å². The molecule has 1 atom stereocenters. The number of thioether (sulfide) groups is 1. The van der Waals surface area contributed by atoms with Crippen molar-refractivity contribution in [2.24, 2.45) is 0 Å². The Labute approximate surface area is 184 Å². The molecule has 0 radical (unpaired) electrons. The monoisotopic (exact) mass is 496 g/mol. The third kappa shape index (κ3) is 5.79. The topological polar surface area (TPSA) is 68.5 Å². The highest BCUT2D eigenvalue weighted by molar-refractivity contribution is 9.10. The molecule has 3 rings (SSSR count). The summed E-state index contributed by atoms with van der Waals surface area (Å²) in [5, 5.41) is 11.3. The zero-order valence-electron chi connectivity index (χ0n) is 16.0. The van der Waals surface area contributed by atoms with Crippen LogP contribution in [0.4, 0.5) is 8.78 Å². The summed E-state index contributed by atoms with van der Waals surface area (Å²) in [6.07, 6.45) is 7.21. The van der Waals surface area contributed by atoms with E-state index in [0.717, 1.165) is 5.75 Å². The fraction of sp³-hybridized carbons (Fsp3) is 0.250. The van der Waals surface area contributed by atoms with Crippen molar-refractivity contribution in [1.29, 1.82) is 0 Å². The van der Waals surface area contributed by atoms with Crippen LogP contribution in [0.15, 0.2) is 53.1 Å². The Morgan fingerprint density at radius 3 is 2.93 bits per heavy atom. The van der Waals surface area contributed by atoms with Crippen molar-refractivity contribution in [2.45, 2.75) is 19.1 Å². The van der Waals surface area contributed by atoms with Gasteiger partial charge in [0, 0.05) is 22.3 Å². The summed E-state index contributed by atoms with van der Waals surface area (Å²) >= 11 is 4.95. The van der Waals surface area contributed by atoms with E-state index in [1.807, 2.05) is 35.1 Å². The number of hydrogen-bond donors (Lipinski definition) is 1. The van der Waals surface area contributed by atoms with Crippen LogP contribution in [0.1, 0.15) is 23.9 Å². The van der Waals surface area contributed by atoms with Crippen molar-refractivity contribution < 1.29 is 18.3 Å². The van der Waals surface area contributed by atoms with Crippen molar-refractivity contribution in [2.75, 3.05) is 12.0 Å². The smallest absolute Gasteiger partial charge is 0.387 e. The summed E-state index contributed by atoms with van der Waals surface area (Å²) in [5.41, 5.74) is 1.04. The van der Waals surface area contributed by atoms with Gasteiger partial charge < -0.3 is 10.1 Å². The molecule has 6 nitrogen and oxygen atoms in total. The van der Waals surface area contributed by atoms with Crippen LogP contribution in [-0.4, -0.2) is 39.1 Å². The molecule has 1 amide bonds. The maximum Gasteiger partial charge on any atom is 0.387 e. The lowest BCUT2D eigenvalue weighted by atomic mass is 10.1. The maximum absolute atomic E-state index is 12.6. The van der Waals surface area contributed by atoms with Gasteiger partial charge in [0.1, 0.15) is 5.75 Å². The van der Waals surface area contributed by atoms with Crippen LogP contribution in [0.5, 0.6) is 5.75 Å². The number of halogens is 3. The lowest BCUT2D eigenvalue weighted by Gasteiger charge is -2.16. The number of fused-ring (bicyclic) bond motifs is 1.